The summed E-state index contributed by atoms with van der Waals surface area (Å²) >= 11 is 0. The average Bonchev–Trinajstić information content (AvgIpc) is 3.34. The highest BCUT2D eigenvalue weighted by atomic mass is 16.1. The molecule has 26 heavy (non-hydrogen) atoms. The third-order valence-electron chi connectivity index (χ3n) is 4.21. The van der Waals surface area contributed by atoms with E-state index in [0.29, 0.717) is 5.56 Å². The van der Waals surface area contributed by atoms with E-state index in [2.05, 4.69) is 10.3 Å². The number of benzene rings is 2. The number of aromatic nitrogens is 3. The van der Waals surface area contributed by atoms with E-state index in [1.165, 1.54) is 0 Å². The number of carbonyl (C=O) groups is 1. The summed E-state index contributed by atoms with van der Waals surface area (Å²) in [5, 5.41) is 2.97. The number of hydrogen-bond acceptors (Lipinski definition) is 2. The van der Waals surface area contributed by atoms with Crippen molar-refractivity contribution in [1.82, 2.24) is 14.1 Å². The number of nitrogens with zero attached hydrogens (tertiary/aromatic N) is 3. The lowest BCUT2D eigenvalue weighted by Gasteiger charge is -2.09. The van der Waals surface area contributed by atoms with Gasteiger partial charge in [-0.25, -0.2) is 4.98 Å². The van der Waals surface area contributed by atoms with Crippen molar-refractivity contribution in [3.8, 4) is 17.1 Å². The van der Waals surface area contributed by atoms with Gasteiger partial charge in [-0.15, -0.1) is 0 Å². The Kier molecular flexibility index (Phi) is 4.11. The number of imidazole rings is 1. The van der Waals surface area contributed by atoms with Gasteiger partial charge in [0.15, 0.2) is 0 Å². The minimum Gasteiger partial charge on any atom is -0.334 e. The molecule has 2 aromatic heterocycles. The lowest BCUT2D eigenvalue weighted by atomic mass is 10.1. The molecular weight excluding hydrogens is 324 g/mol. The molecule has 5 heteroatoms. The summed E-state index contributed by atoms with van der Waals surface area (Å²) in [6.07, 6.45) is 7.56. The molecule has 2 heterocycles. The standard InChI is InChI=1S/C21H18N4O/c1-24-13-10-22-20(24)16-6-4-8-18(14-16)23-21(26)17-7-5-9-19(15-17)25-11-2-3-12-25/h2-15H,1H3,(H,23,26). The van der Waals surface area contributed by atoms with Crippen molar-refractivity contribution in [2.24, 2.45) is 7.05 Å². The molecule has 0 unspecified atom stereocenters. The Bertz CT molecular complexity index is 1050. The maximum absolute atomic E-state index is 12.7. The molecule has 1 N–H and O–H groups in total. The van der Waals surface area contributed by atoms with Crippen molar-refractivity contribution in [3.05, 3.63) is 91.0 Å². The van der Waals surface area contributed by atoms with Gasteiger partial charge in [0.25, 0.3) is 5.91 Å². The number of aryl methyl sites for hydroxylation is 1. The van der Waals surface area contributed by atoms with Crippen LogP contribution in [0.1, 0.15) is 10.4 Å². The second kappa shape index (κ2) is 6.72. The van der Waals surface area contributed by atoms with Crippen LogP contribution in [0.15, 0.2) is 85.5 Å². The number of nitrogens with one attached hydrogen (secondary N) is 1. The van der Waals surface area contributed by atoms with Gasteiger partial charge in [0.1, 0.15) is 5.82 Å². The maximum Gasteiger partial charge on any atom is 0.255 e. The summed E-state index contributed by atoms with van der Waals surface area (Å²) in [7, 11) is 1.94. The number of rotatable bonds is 4. The Morgan fingerprint density at radius 3 is 2.54 bits per heavy atom. The molecule has 5 nitrogen and oxygen atoms in total. The van der Waals surface area contributed by atoms with Crippen molar-refractivity contribution >= 4 is 11.6 Å². The van der Waals surface area contributed by atoms with E-state index >= 15 is 0 Å². The second-order valence-electron chi connectivity index (χ2n) is 6.04. The molecule has 0 saturated heterocycles. The smallest absolute Gasteiger partial charge is 0.255 e. The van der Waals surface area contributed by atoms with Crippen LogP contribution in [0.3, 0.4) is 0 Å². The molecule has 128 valence electrons. The first kappa shape index (κ1) is 15.9. The first-order chi connectivity index (χ1) is 12.7. The first-order valence-electron chi connectivity index (χ1n) is 8.33. The van der Waals surface area contributed by atoms with Crippen molar-refractivity contribution in [2.75, 3.05) is 5.32 Å². The minimum atomic E-state index is -0.143. The van der Waals surface area contributed by atoms with E-state index in [1.807, 2.05) is 95.4 Å². The van der Waals surface area contributed by atoms with Crippen LogP contribution in [0.4, 0.5) is 5.69 Å². The van der Waals surface area contributed by atoms with Crippen LogP contribution in [0.5, 0.6) is 0 Å². The Labute approximate surface area is 151 Å². The van der Waals surface area contributed by atoms with Gasteiger partial charge in [-0.1, -0.05) is 18.2 Å². The van der Waals surface area contributed by atoms with Crippen molar-refractivity contribution in [3.63, 3.8) is 0 Å². The number of amides is 1. The number of hydrogen-bond donors (Lipinski definition) is 1. The van der Waals surface area contributed by atoms with Crippen LogP contribution in [-0.2, 0) is 7.05 Å². The van der Waals surface area contributed by atoms with E-state index in [4.69, 9.17) is 0 Å². The highest BCUT2D eigenvalue weighted by Gasteiger charge is 2.09. The van der Waals surface area contributed by atoms with Gasteiger partial charge < -0.3 is 14.5 Å². The van der Waals surface area contributed by atoms with Crippen LogP contribution >= 0.6 is 0 Å². The zero-order valence-electron chi connectivity index (χ0n) is 14.3. The van der Waals surface area contributed by atoms with Crippen LogP contribution in [0.25, 0.3) is 17.1 Å². The largest absolute Gasteiger partial charge is 0.334 e. The molecule has 0 aliphatic heterocycles. The van der Waals surface area contributed by atoms with Crippen LogP contribution in [0, 0.1) is 0 Å². The van der Waals surface area contributed by atoms with E-state index in [1.54, 1.807) is 6.20 Å². The molecule has 0 radical (unpaired) electrons. The predicted molar refractivity (Wildman–Crippen MR) is 102 cm³/mol. The zero-order valence-corrected chi connectivity index (χ0v) is 14.3. The Morgan fingerprint density at radius 2 is 1.77 bits per heavy atom. The van der Waals surface area contributed by atoms with E-state index in [0.717, 1.165) is 22.8 Å². The van der Waals surface area contributed by atoms with E-state index < -0.39 is 0 Å². The fraction of sp³-hybridized carbons (Fsp3) is 0.0476. The molecular formula is C21H18N4O. The monoisotopic (exact) mass is 342 g/mol. The molecule has 4 aromatic rings. The lowest BCUT2D eigenvalue weighted by molar-refractivity contribution is 0.102. The summed E-state index contributed by atoms with van der Waals surface area (Å²) in [6.45, 7) is 0. The van der Waals surface area contributed by atoms with E-state index in [9.17, 15) is 4.79 Å². The highest BCUT2D eigenvalue weighted by molar-refractivity contribution is 6.04. The van der Waals surface area contributed by atoms with E-state index in [-0.39, 0.29) is 5.91 Å². The highest BCUT2D eigenvalue weighted by Crippen LogP contribution is 2.21. The van der Waals surface area contributed by atoms with Gasteiger partial charge in [0, 0.05) is 54.3 Å². The lowest BCUT2D eigenvalue weighted by Crippen LogP contribution is -2.12. The van der Waals surface area contributed by atoms with Crippen LogP contribution in [-0.4, -0.2) is 20.0 Å². The fourth-order valence-corrected chi connectivity index (χ4v) is 2.90. The van der Waals surface area contributed by atoms with Gasteiger partial charge in [0.2, 0.25) is 0 Å². The average molecular weight is 342 g/mol. The summed E-state index contributed by atoms with van der Waals surface area (Å²) in [6, 6.07) is 19.1. The molecule has 0 aliphatic rings. The molecule has 4 rings (SSSR count). The van der Waals surface area contributed by atoms with Gasteiger partial charge >= 0.3 is 0 Å². The van der Waals surface area contributed by atoms with Gasteiger partial charge in [-0.3, -0.25) is 4.79 Å². The maximum atomic E-state index is 12.7. The third kappa shape index (κ3) is 3.15. The summed E-state index contributed by atoms with van der Waals surface area (Å²) < 4.78 is 3.92. The summed E-state index contributed by atoms with van der Waals surface area (Å²) in [5.41, 5.74) is 3.25. The van der Waals surface area contributed by atoms with Crippen LogP contribution < -0.4 is 5.32 Å². The first-order valence-corrected chi connectivity index (χ1v) is 8.33. The molecule has 1 amide bonds. The van der Waals surface area contributed by atoms with Crippen LogP contribution in [0.2, 0.25) is 0 Å². The second-order valence-corrected chi connectivity index (χ2v) is 6.04. The number of anilines is 1. The number of carbonyl (C=O) groups excluding carboxylic acids is 1. The minimum absolute atomic E-state index is 0.143. The van der Waals surface area contributed by atoms with Crippen molar-refractivity contribution in [1.29, 1.82) is 0 Å². The quantitative estimate of drug-likeness (QED) is 0.606. The topological polar surface area (TPSA) is 51.9 Å². The van der Waals surface area contributed by atoms with Gasteiger partial charge in [-0.05, 0) is 42.5 Å². The third-order valence-corrected chi connectivity index (χ3v) is 4.21. The molecule has 0 spiro atoms. The van der Waals surface area contributed by atoms with Crippen molar-refractivity contribution in [2.45, 2.75) is 0 Å². The van der Waals surface area contributed by atoms with Crippen molar-refractivity contribution < 1.29 is 4.79 Å². The zero-order chi connectivity index (χ0) is 17.9. The summed E-state index contributed by atoms with van der Waals surface area (Å²) in [4.78, 5) is 17.0. The molecule has 0 bridgehead atoms. The Morgan fingerprint density at radius 1 is 0.962 bits per heavy atom. The SMILES string of the molecule is Cn1ccnc1-c1cccc(NC(=O)c2cccc(-n3cccc3)c2)c1. The summed E-state index contributed by atoms with van der Waals surface area (Å²) in [5.74, 6) is 0.715. The normalized spacial score (nSPS) is 10.7. The fourth-order valence-electron chi connectivity index (χ4n) is 2.90. The van der Waals surface area contributed by atoms with Gasteiger partial charge in [-0.2, -0.15) is 0 Å². The molecule has 0 aliphatic carbocycles. The Hall–Kier alpha value is -3.60. The molecule has 0 fully saturated rings. The predicted octanol–water partition coefficient (Wildman–Crippen LogP) is 4.13. The Balaban J connectivity index is 1.57. The molecule has 2 aromatic carbocycles. The van der Waals surface area contributed by atoms with Gasteiger partial charge in [0.05, 0.1) is 0 Å². The molecule has 0 saturated carbocycles. The molecule has 0 atom stereocenters.